The van der Waals surface area contributed by atoms with Crippen molar-refractivity contribution in [3.63, 3.8) is 0 Å². The zero-order valence-corrected chi connectivity index (χ0v) is 11.0. The van der Waals surface area contributed by atoms with E-state index in [2.05, 4.69) is 24.2 Å². The minimum Gasteiger partial charge on any atom is -0.323 e. The van der Waals surface area contributed by atoms with Gasteiger partial charge in [0.1, 0.15) is 0 Å². The number of para-hydroxylation sites is 1. The topological polar surface area (TPSA) is 56.7 Å². The fourth-order valence-electron chi connectivity index (χ4n) is 1.99. The van der Waals surface area contributed by atoms with Gasteiger partial charge in [0.25, 0.3) is 0 Å². The normalized spacial score (nSPS) is 14.4. The summed E-state index contributed by atoms with van der Waals surface area (Å²) in [4.78, 5) is 0. The second-order valence-corrected chi connectivity index (χ2v) is 4.76. The van der Waals surface area contributed by atoms with E-state index in [1.165, 1.54) is 0 Å². The summed E-state index contributed by atoms with van der Waals surface area (Å²) in [6, 6.07) is 9.96. The van der Waals surface area contributed by atoms with E-state index in [9.17, 15) is 0 Å². The molecule has 1 aromatic carbocycles. The zero-order valence-electron chi connectivity index (χ0n) is 11.0. The van der Waals surface area contributed by atoms with E-state index in [1.807, 2.05) is 35.0 Å². The van der Waals surface area contributed by atoms with Gasteiger partial charge in [0, 0.05) is 6.04 Å². The van der Waals surface area contributed by atoms with Crippen molar-refractivity contribution in [3.05, 3.63) is 42.2 Å². The van der Waals surface area contributed by atoms with E-state index in [4.69, 9.17) is 5.73 Å². The lowest BCUT2D eigenvalue weighted by molar-refractivity contribution is 0.450. The van der Waals surface area contributed by atoms with Crippen LogP contribution in [0.15, 0.2) is 36.5 Å². The van der Waals surface area contributed by atoms with Crippen molar-refractivity contribution in [2.45, 2.75) is 32.7 Å². The summed E-state index contributed by atoms with van der Waals surface area (Å²) in [5, 5.41) is 8.11. The zero-order chi connectivity index (χ0) is 13.0. The van der Waals surface area contributed by atoms with Crippen LogP contribution in [0, 0.1) is 5.92 Å². The van der Waals surface area contributed by atoms with E-state index >= 15 is 0 Å². The fraction of sp³-hybridized carbons (Fsp3) is 0.429. The molecule has 0 aliphatic heterocycles. The third kappa shape index (κ3) is 2.76. The van der Waals surface area contributed by atoms with Crippen LogP contribution in [0.2, 0.25) is 0 Å². The van der Waals surface area contributed by atoms with Gasteiger partial charge in [-0.1, -0.05) is 43.7 Å². The molecule has 2 N–H and O–H groups in total. The van der Waals surface area contributed by atoms with E-state index in [-0.39, 0.29) is 6.04 Å². The lowest BCUT2D eigenvalue weighted by atomic mass is 9.98. The van der Waals surface area contributed by atoms with E-state index in [0.717, 1.165) is 24.2 Å². The van der Waals surface area contributed by atoms with Gasteiger partial charge >= 0.3 is 0 Å². The molecule has 2 atom stereocenters. The van der Waals surface area contributed by atoms with Crippen molar-refractivity contribution in [1.82, 2.24) is 15.0 Å². The summed E-state index contributed by atoms with van der Waals surface area (Å²) in [5.74, 6) is 0.610. The average Bonchev–Trinajstić information content (AvgIpc) is 2.88. The lowest BCUT2D eigenvalue weighted by Crippen LogP contribution is -2.18. The lowest BCUT2D eigenvalue weighted by Gasteiger charge is -2.16. The summed E-state index contributed by atoms with van der Waals surface area (Å²) in [5.41, 5.74) is 8.23. The summed E-state index contributed by atoms with van der Waals surface area (Å²) in [7, 11) is 0. The number of benzene rings is 1. The molecule has 2 rings (SSSR count). The molecule has 0 amide bonds. The number of aromatic nitrogens is 3. The highest BCUT2D eigenvalue weighted by atomic mass is 15.4. The highest BCUT2D eigenvalue weighted by Gasteiger charge is 2.16. The van der Waals surface area contributed by atoms with Crippen molar-refractivity contribution < 1.29 is 0 Å². The first-order valence-corrected chi connectivity index (χ1v) is 6.44. The molecular formula is C14H20N4. The van der Waals surface area contributed by atoms with Gasteiger partial charge in [0.15, 0.2) is 0 Å². The number of rotatable bonds is 5. The van der Waals surface area contributed by atoms with Crippen LogP contribution in [0.5, 0.6) is 0 Å². The van der Waals surface area contributed by atoms with Crippen molar-refractivity contribution in [3.8, 4) is 5.69 Å². The maximum atomic E-state index is 6.25. The van der Waals surface area contributed by atoms with Crippen molar-refractivity contribution in [2.24, 2.45) is 11.7 Å². The number of nitrogens with zero attached hydrogens (tertiary/aromatic N) is 3. The van der Waals surface area contributed by atoms with E-state index < -0.39 is 0 Å². The van der Waals surface area contributed by atoms with E-state index in [0.29, 0.717) is 5.92 Å². The molecule has 18 heavy (non-hydrogen) atoms. The van der Waals surface area contributed by atoms with Crippen LogP contribution < -0.4 is 5.73 Å². The average molecular weight is 244 g/mol. The summed E-state index contributed by atoms with van der Waals surface area (Å²) >= 11 is 0. The van der Waals surface area contributed by atoms with Crippen LogP contribution in [0.25, 0.3) is 5.69 Å². The largest absolute Gasteiger partial charge is 0.323 e. The van der Waals surface area contributed by atoms with Crippen molar-refractivity contribution >= 4 is 0 Å². The fourth-order valence-corrected chi connectivity index (χ4v) is 1.99. The minimum atomic E-state index is -0.0184. The Morgan fingerprint density at radius 1 is 1.28 bits per heavy atom. The molecule has 4 heteroatoms. The molecule has 1 heterocycles. The molecule has 2 unspecified atom stereocenters. The molecular weight excluding hydrogens is 224 g/mol. The summed E-state index contributed by atoms with van der Waals surface area (Å²) in [6.07, 6.45) is 3.86. The molecule has 4 nitrogen and oxygen atoms in total. The monoisotopic (exact) mass is 244 g/mol. The molecule has 0 saturated carbocycles. The Hall–Kier alpha value is -1.68. The molecule has 0 spiro atoms. The second-order valence-electron chi connectivity index (χ2n) is 4.76. The van der Waals surface area contributed by atoms with Crippen LogP contribution in [-0.4, -0.2) is 15.0 Å². The molecule has 96 valence electrons. The SMILES string of the molecule is CCC(C)CC(N)c1cnnn1-c1ccccc1. The van der Waals surface area contributed by atoms with Gasteiger partial charge in [-0.25, -0.2) is 4.68 Å². The van der Waals surface area contributed by atoms with Crippen LogP contribution in [0.3, 0.4) is 0 Å². The Labute approximate surface area is 108 Å². The third-order valence-corrected chi connectivity index (χ3v) is 3.31. The quantitative estimate of drug-likeness (QED) is 0.879. The van der Waals surface area contributed by atoms with Gasteiger partial charge in [0.05, 0.1) is 17.6 Å². The van der Waals surface area contributed by atoms with Crippen LogP contribution in [0.1, 0.15) is 38.4 Å². The third-order valence-electron chi connectivity index (χ3n) is 3.31. The van der Waals surface area contributed by atoms with Crippen molar-refractivity contribution in [2.75, 3.05) is 0 Å². The molecule has 0 aliphatic carbocycles. The van der Waals surface area contributed by atoms with Crippen LogP contribution in [0.4, 0.5) is 0 Å². The number of hydrogen-bond donors (Lipinski definition) is 1. The first-order chi connectivity index (χ1) is 8.72. The molecule has 0 saturated heterocycles. The standard InChI is InChI=1S/C14H20N4/c1-3-11(2)9-13(15)14-10-16-17-18(14)12-7-5-4-6-8-12/h4-8,10-11,13H,3,9,15H2,1-2H3. The van der Waals surface area contributed by atoms with E-state index in [1.54, 1.807) is 6.20 Å². The number of hydrogen-bond acceptors (Lipinski definition) is 3. The minimum absolute atomic E-state index is 0.0184. The summed E-state index contributed by atoms with van der Waals surface area (Å²) < 4.78 is 1.83. The number of nitrogens with two attached hydrogens (primary N) is 1. The molecule has 0 fully saturated rings. The second kappa shape index (κ2) is 5.78. The predicted octanol–water partition coefficient (Wildman–Crippen LogP) is 2.70. The van der Waals surface area contributed by atoms with Gasteiger partial charge in [-0.05, 0) is 24.5 Å². The Bertz CT molecular complexity index is 478. The first-order valence-electron chi connectivity index (χ1n) is 6.44. The van der Waals surface area contributed by atoms with Gasteiger partial charge < -0.3 is 5.73 Å². The van der Waals surface area contributed by atoms with Crippen LogP contribution >= 0.6 is 0 Å². The smallest absolute Gasteiger partial charge is 0.0813 e. The summed E-state index contributed by atoms with van der Waals surface area (Å²) in [6.45, 7) is 4.40. The van der Waals surface area contributed by atoms with Gasteiger partial charge in [-0.2, -0.15) is 0 Å². The Kier molecular flexibility index (Phi) is 4.10. The van der Waals surface area contributed by atoms with Gasteiger partial charge in [0.2, 0.25) is 0 Å². The maximum Gasteiger partial charge on any atom is 0.0813 e. The molecule has 0 aliphatic rings. The van der Waals surface area contributed by atoms with Gasteiger partial charge in [-0.15, -0.1) is 5.10 Å². The Balaban J connectivity index is 2.23. The van der Waals surface area contributed by atoms with Crippen molar-refractivity contribution in [1.29, 1.82) is 0 Å². The molecule has 1 aromatic heterocycles. The first kappa shape index (κ1) is 12.8. The Morgan fingerprint density at radius 3 is 2.67 bits per heavy atom. The predicted molar refractivity (Wildman–Crippen MR) is 72.4 cm³/mol. The van der Waals surface area contributed by atoms with Gasteiger partial charge in [-0.3, -0.25) is 0 Å². The van der Waals surface area contributed by atoms with Crippen LogP contribution in [-0.2, 0) is 0 Å². The maximum absolute atomic E-state index is 6.25. The molecule has 0 radical (unpaired) electrons. The Morgan fingerprint density at radius 2 is 2.00 bits per heavy atom. The molecule has 0 bridgehead atoms. The molecule has 2 aromatic rings. The highest BCUT2D eigenvalue weighted by Crippen LogP contribution is 2.21. The highest BCUT2D eigenvalue weighted by molar-refractivity contribution is 5.32.